The first kappa shape index (κ1) is 21.5. The third-order valence-electron chi connectivity index (χ3n) is 6.22. The van der Waals surface area contributed by atoms with Crippen molar-refractivity contribution in [3.63, 3.8) is 0 Å². The molecule has 5 rings (SSSR count). The van der Waals surface area contributed by atoms with Crippen LogP contribution in [-0.2, 0) is 12.8 Å². The maximum atomic E-state index is 13.6. The van der Waals surface area contributed by atoms with E-state index in [-0.39, 0.29) is 30.7 Å². The smallest absolute Gasteiger partial charge is 0.416 e. The third-order valence-corrected chi connectivity index (χ3v) is 6.22. The molecule has 1 fully saturated rings. The summed E-state index contributed by atoms with van der Waals surface area (Å²) in [5, 5.41) is 10.3. The Morgan fingerprint density at radius 1 is 1.18 bits per heavy atom. The maximum Gasteiger partial charge on any atom is 0.416 e. The van der Waals surface area contributed by atoms with Gasteiger partial charge in [-0.25, -0.2) is 4.98 Å². The van der Waals surface area contributed by atoms with Crippen LogP contribution in [0.2, 0.25) is 0 Å². The number of aromatic nitrogens is 1. The number of amides is 1. The number of alkyl halides is 3. The fraction of sp³-hybridized carbons (Fsp3) is 0.333. The van der Waals surface area contributed by atoms with E-state index in [0.717, 1.165) is 25.0 Å². The molecule has 0 spiro atoms. The molecule has 3 aromatic rings. The number of anilines is 1. The lowest BCUT2D eigenvalue weighted by Crippen LogP contribution is -2.37. The molecule has 6 nitrogen and oxygen atoms in total. The van der Waals surface area contributed by atoms with E-state index in [1.54, 1.807) is 29.2 Å². The van der Waals surface area contributed by atoms with E-state index in [1.165, 1.54) is 6.07 Å². The van der Waals surface area contributed by atoms with Crippen LogP contribution in [0, 0.1) is 5.92 Å². The second-order valence-corrected chi connectivity index (χ2v) is 8.57. The van der Waals surface area contributed by atoms with Crippen molar-refractivity contribution in [1.29, 1.82) is 0 Å². The molecule has 0 saturated heterocycles. The second kappa shape index (κ2) is 7.91. The minimum absolute atomic E-state index is 0.0999. The topological polar surface area (TPSA) is 88.7 Å². The highest BCUT2D eigenvalue weighted by Crippen LogP contribution is 2.42. The number of ether oxygens (including phenoxy) is 1. The van der Waals surface area contributed by atoms with Crippen molar-refractivity contribution in [1.82, 2.24) is 9.88 Å². The molecule has 1 unspecified atom stereocenters. The Kier molecular flexibility index (Phi) is 5.16. The summed E-state index contributed by atoms with van der Waals surface area (Å²) in [4.78, 5) is 19.6. The largest absolute Gasteiger partial charge is 0.491 e. The number of halogens is 3. The zero-order chi connectivity index (χ0) is 23.3. The van der Waals surface area contributed by atoms with Gasteiger partial charge in [0.25, 0.3) is 5.91 Å². The van der Waals surface area contributed by atoms with E-state index in [4.69, 9.17) is 10.5 Å². The number of carbonyl (C=O) groups excluding carboxylic acids is 1. The first-order chi connectivity index (χ1) is 15.7. The van der Waals surface area contributed by atoms with Crippen molar-refractivity contribution >= 4 is 22.6 Å². The molecule has 1 saturated carbocycles. The minimum atomic E-state index is -4.47. The van der Waals surface area contributed by atoms with Crippen molar-refractivity contribution in [2.45, 2.75) is 31.7 Å². The molecular formula is C24H22F3N3O3. The Hall–Kier alpha value is -3.33. The van der Waals surface area contributed by atoms with Gasteiger partial charge in [0.1, 0.15) is 18.2 Å². The summed E-state index contributed by atoms with van der Waals surface area (Å²) < 4.78 is 44.9. The van der Waals surface area contributed by atoms with Gasteiger partial charge in [0, 0.05) is 23.1 Å². The van der Waals surface area contributed by atoms with Crippen molar-refractivity contribution in [3.05, 3.63) is 64.7 Å². The number of aliphatic hydroxyl groups excluding tert-OH is 1. The molecule has 2 aliphatic rings. The van der Waals surface area contributed by atoms with Gasteiger partial charge in [-0.3, -0.25) is 4.79 Å². The van der Waals surface area contributed by atoms with Gasteiger partial charge in [-0.1, -0.05) is 6.07 Å². The predicted octanol–water partition coefficient (Wildman–Crippen LogP) is 4.31. The van der Waals surface area contributed by atoms with Gasteiger partial charge in [0.15, 0.2) is 0 Å². The summed E-state index contributed by atoms with van der Waals surface area (Å²) in [6.45, 7) is 0.346. The van der Waals surface area contributed by atoms with Crippen LogP contribution in [0.4, 0.5) is 19.0 Å². The number of rotatable bonds is 5. The fourth-order valence-corrected chi connectivity index (χ4v) is 4.31. The van der Waals surface area contributed by atoms with Gasteiger partial charge in [-0.15, -0.1) is 0 Å². The fourth-order valence-electron chi connectivity index (χ4n) is 4.31. The molecule has 1 aliphatic heterocycles. The highest BCUT2D eigenvalue weighted by Gasteiger charge is 2.39. The van der Waals surface area contributed by atoms with Crippen LogP contribution in [0.3, 0.4) is 0 Å². The van der Waals surface area contributed by atoms with E-state index in [0.29, 0.717) is 40.1 Å². The van der Waals surface area contributed by atoms with Gasteiger partial charge >= 0.3 is 6.18 Å². The van der Waals surface area contributed by atoms with Crippen LogP contribution in [0.15, 0.2) is 42.5 Å². The van der Waals surface area contributed by atoms with E-state index >= 15 is 0 Å². The van der Waals surface area contributed by atoms with Gasteiger partial charge in [0.2, 0.25) is 0 Å². The first-order valence-corrected chi connectivity index (χ1v) is 10.7. The zero-order valence-electron chi connectivity index (χ0n) is 17.6. The van der Waals surface area contributed by atoms with Crippen LogP contribution in [0.5, 0.6) is 5.75 Å². The van der Waals surface area contributed by atoms with Crippen molar-refractivity contribution in [2.75, 3.05) is 18.9 Å². The Morgan fingerprint density at radius 2 is 1.97 bits per heavy atom. The molecular weight excluding hydrogens is 435 g/mol. The quantitative estimate of drug-likeness (QED) is 0.596. The Balaban J connectivity index is 1.51. The Morgan fingerprint density at radius 3 is 2.67 bits per heavy atom. The van der Waals surface area contributed by atoms with Crippen LogP contribution >= 0.6 is 0 Å². The predicted molar refractivity (Wildman–Crippen MR) is 116 cm³/mol. The minimum Gasteiger partial charge on any atom is -0.491 e. The zero-order valence-corrected chi connectivity index (χ0v) is 17.6. The average molecular weight is 457 g/mol. The summed E-state index contributed by atoms with van der Waals surface area (Å²) in [7, 11) is 0. The van der Waals surface area contributed by atoms with E-state index < -0.39 is 17.8 Å². The second-order valence-electron chi connectivity index (χ2n) is 8.57. The van der Waals surface area contributed by atoms with Gasteiger partial charge in [0.05, 0.1) is 23.7 Å². The Labute approximate surface area is 187 Å². The standard InChI is InChI=1S/C24H22F3N3O3/c25-24(26,27)16-4-5-17-20(12-33-21(17)9-16)30(10-13-1-2-13)23(32)14-3-6-19-18(7-14)15(11-31)8-22(28)29-19/h3-9,13,20,31H,1-2,10-12H2,(H2,28,29). The number of hydrogen-bond donors (Lipinski definition) is 2. The molecule has 2 heterocycles. The maximum absolute atomic E-state index is 13.6. The Bertz CT molecular complexity index is 1240. The number of carbonyl (C=O) groups is 1. The lowest BCUT2D eigenvalue weighted by Gasteiger charge is -2.29. The molecule has 0 radical (unpaired) electrons. The molecule has 1 aromatic heterocycles. The molecule has 1 amide bonds. The molecule has 33 heavy (non-hydrogen) atoms. The number of hydrogen-bond acceptors (Lipinski definition) is 5. The molecule has 1 atom stereocenters. The number of nitrogen functional groups attached to an aromatic ring is 1. The monoisotopic (exact) mass is 457 g/mol. The summed E-state index contributed by atoms with van der Waals surface area (Å²) in [5.74, 6) is 0.552. The molecule has 3 N–H and O–H groups in total. The number of pyridine rings is 1. The normalized spacial score (nSPS) is 17.6. The van der Waals surface area contributed by atoms with E-state index in [1.807, 2.05) is 0 Å². The number of aliphatic hydroxyl groups is 1. The SMILES string of the molecule is Nc1cc(CO)c2cc(C(=O)N(CC3CC3)C3COc4cc(C(F)(F)F)ccc43)ccc2n1. The van der Waals surface area contributed by atoms with E-state index in [9.17, 15) is 23.1 Å². The van der Waals surface area contributed by atoms with Crippen LogP contribution < -0.4 is 10.5 Å². The number of benzene rings is 2. The summed E-state index contributed by atoms with van der Waals surface area (Å²) in [6, 6.07) is 9.53. The summed E-state index contributed by atoms with van der Waals surface area (Å²) in [5.41, 5.74) is 7.13. The van der Waals surface area contributed by atoms with Gasteiger partial charge in [-0.2, -0.15) is 13.2 Å². The molecule has 9 heteroatoms. The molecule has 172 valence electrons. The lowest BCUT2D eigenvalue weighted by molar-refractivity contribution is -0.137. The van der Waals surface area contributed by atoms with Gasteiger partial charge in [-0.05, 0) is 60.7 Å². The first-order valence-electron chi connectivity index (χ1n) is 10.7. The molecule has 0 bridgehead atoms. The van der Waals surface area contributed by atoms with E-state index in [2.05, 4.69) is 4.98 Å². The number of nitrogens with two attached hydrogens (primary N) is 1. The highest BCUT2D eigenvalue weighted by molar-refractivity contribution is 5.99. The number of nitrogens with zero attached hydrogens (tertiary/aromatic N) is 2. The highest BCUT2D eigenvalue weighted by atomic mass is 19.4. The van der Waals surface area contributed by atoms with Crippen molar-refractivity contribution < 1.29 is 27.8 Å². The van der Waals surface area contributed by atoms with Crippen molar-refractivity contribution in [3.8, 4) is 5.75 Å². The number of fused-ring (bicyclic) bond motifs is 2. The van der Waals surface area contributed by atoms with Crippen molar-refractivity contribution in [2.24, 2.45) is 5.92 Å². The molecule has 1 aliphatic carbocycles. The summed E-state index contributed by atoms with van der Waals surface area (Å²) >= 11 is 0. The average Bonchev–Trinajstić information content (AvgIpc) is 3.52. The van der Waals surface area contributed by atoms with Crippen LogP contribution in [0.25, 0.3) is 10.9 Å². The molecule has 2 aromatic carbocycles. The van der Waals surface area contributed by atoms with Gasteiger partial charge < -0.3 is 20.5 Å². The van der Waals surface area contributed by atoms with Crippen LogP contribution in [-0.4, -0.2) is 34.0 Å². The third kappa shape index (κ3) is 4.08. The summed E-state index contributed by atoms with van der Waals surface area (Å²) in [6.07, 6.45) is -2.45. The lowest BCUT2D eigenvalue weighted by atomic mass is 10.0. The van der Waals surface area contributed by atoms with Crippen LogP contribution in [0.1, 0.15) is 45.9 Å².